The standard InChI is InChI=1S/C27H41NO11/c1-5-8-10-14-34-26(31)38-22-13-12-20(17-23(22)39-27(32)35-15-11-9-6-2)16-21(28)24(29)36-18-19(4)37-25(30)33-7-3/h12-13,17,19,21H,5-11,14-16,18,28H2,1-4H3/t19-,21-/m0/s1. The molecule has 1 rings (SSSR count). The van der Waals surface area contributed by atoms with Crippen LogP contribution < -0.4 is 15.2 Å². The highest BCUT2D eigenvalue weighted by Gasteiger charge is 2.21. The molecule has 12 heteroatoms. The van der Waals surface area contributed by atoms with E-state index in [1.165, 1.54) is 19.1 Å². The van der Waals surface area contributed by atoms with Gasteiger partial charge < -0.3 is 38.9 Å². The van der Waals surface area contributed by atoms with Crippen LogP contribution in [0.5, 0.6) is 11.5 Å². The molecule has 0 aromatic heterocycles. The van der Waals surface area contributed by atoms with Gasteiger partial charge in [0.15, 0.2) is 11.5 Å². The average Bonchev–Trinajstić information content (AvgIpc) is 2.89. The van der Waals surface area contributed by atoms with Gasteiger partial charge in [-0.2, -0.15) is 0 Å². The van der Waals surface area contributed by atoms with E-state index in [9.17, 15) is 19.2 Å². The molecule has 220 valence electrons. The topological polar surface area (TPSA) is 159 Å². The summed E-state index contributed by atoms with van der Waals surface area (Å²) in [6.45, 7) is 7.53. The smallest absolute Gasteiger partial charge is 0.461 e. The van der Waals surface area contributed by atoms with Gasteiger partial charge in [0.25, 0.3) is 0 Å². The van der Waals surface area contributed by atoms with E-state index in [1.54, 1.807) is 13.0 Å². The maximum absolute atomic E-state index is 12.3. The van der Waals surface area contributed by atoms with Crippen molar-refractivity contribution in [3.05, 3.63) is 23.8 Å². The third kappa shape index (κ3) is 14.8. The molecule has 0 aliphatic rings. The number of benzene rings is 1. The molecule has 0 saturated heterocycles. The molecular weight excluding hydrogens is 514 g/mol. The SMILES string of the molecule is CCCCCOC(=O)Oc1ccc(C[C@H](N)C(=O)OC[C@H](C)OC(=O)OCC)cc1OC(=O)OCCCCC. The first-order valence-corrected chi connectivity index (χ1v) is 13.3. The molecule has 0 radical (unpaired) electrons. The van der Waals surface area contributed by atoms with Crippen molar-refractivity contribution in [1.82, 2.24) is 0 Å². The zero-order valence-electron chi connectivity index (χ0n) is 23.2. The van der Waals surface area contributed by atoms with Gasteiger partial charge in [0.2, 0.25) is 0 Å². The summed E-state index contributed by atoms with van der Waals surface area (Å²) in [6.07, 6.45) is 1.59. The van der Waals surface area contributed by atoms with Gasteiger partial charge in [0.05, 0.1) is 19.8 Å². The first-order chi connectivity index (χ1) is 18.7. The zero-order valence-corrected chi connectivity index (χ0v) is 23.2. The molecule has 1 aromatic rings. The van der Waals surface area contributed by atoms with Gasteiger partial charge >= 0.3 is 24.4 Å². The Morgan fingerprint density at radius 1 is 0.769 bits per heavy atom. The first-order valence-electron chi connectivity index (χ1n) is 13.3. The van der Waals surface area contributed by atoms with Crippen LogP contribution in [0.15, 0.2) is 18.2 Å². The van der Waals surface area contributed by atoms with Gasteiger partial charge in [0.1, 0.15) is 18.8 Å². The number of rotatable bonds is 17. The molecule has 0 spiro atoms. The van der Waals surface area contributed by atoms with Crippen molar-refractivity contribution in [1.29, 1.82) is 0 Å². The molecule has 12 nitrogen and oxygen atoms in total. The number of esters is 1. The van der Waals surface area contributed by atoms with E-state index in [-0.39, 0.29) is 44.3 Å². The van der Waals surface area contributed by atoms with Crippen molar-refractivity contribution >= 4 is 24.4 Å². The van der Waals surface area contributed by atoms with Gasteiger partial charge in [-0.15, -0.1) is 0 Å². The number of carbonyl (C=O) groups is 4. The third-order valence-electron chi connectivity index (χ3n) is 5.11. The van der Waals surface area contributed by atoms with Gasteiger partial charge in [0, 0.05) is 0 Å². The second kappa shape index (κ2) is 19.5. The average molecular weight is 556 g/mol. The lowest BCUT2D eigenvalue weighted by Crippen LogP contribution is -2.36. The summed E-state index contributed by atoms with van der Waals surface area (Å²) in [6, 6.07) is 3.28. The predicted octanol–water partition coefficient (Wildman–Crippen LogP) is 5.07. The number of unbranched alkanes of at least 4 members (excludes halogenated alkanes) is 4. The van der Waals surface area contributed by atoms with Crippen molar-refractivity contribution in [2.24, 2.45) is 5.73 Å². The van der Waals surface area contributed by atoms with Crippen LogP contribution in [-0.4, -0.2) is 63.0 Å². The molecule has 0 amide bonds. The Labute approximate surface area is 229 Å². The van der Waals surface area contributed by atoms with Crippen molar-refractivity contribution < 1.29 is 52.3 Å². The van der Waals surface area contributed by atoms with Crippen LogP contribution in [0.3, 0.4) is 0 Å². The van der Waals surface area contributed by atoms with Crippen LogP contribution in [0.2, 0.25) is 0 Å². The molecule has 0 saturated carbocycles. The molecule has 0 aliphatic heterocycles. The lowest BCUT2D eigenvalue weighted by Gasteiger charge is -2.16. The maximum Gasteiger partial charge on any atom is 0.513 e. The summed E-state index contributed by atoms with van der Waals surface area (Å²) in [5.74, 6) is -0.899. The summed E-state index contributed by atoms with van der Waals surface area (Å²) >= 11 is 0. The summed E-state index contributed by atoms with van der Waals surface area (Å²) in [7, 11) is 0. The zero-order chi connectivity index (χ0) is 29.0. The predicted molar refractivity (Wildman–Crippen MR) is 140 cm³/mol. The fourth-order valence-corrected chi connectivity index (χ4v) is 3.09. The molecule has 1 aromatic carbocycles. The summed E-state index contributed by atoms with van der Waals surface area (Å²) in [4.78, 5) is 48.0. The number of carbonyl (C=O) groups excluding carboxylic acids is 4. The minimum atomic E-state index is -1.08. The van der Waals surface area contributed by atoms with E-state index < -0.39 is 36.6 Å². The minimum absolute atomic E-state index is 0.00952. The third-order valence-corrected chi connectivity index (χ3v) is 5.11. The summed E-state index contributed by atoms with van der Waals surface area (Å²) < 4.78 is 35.3. The monoisotopic (exact) mass is 555 g/mol. The van der Waals surface area contributed by atoms with E-state index in [1.807, 2.05) is 13.8 Å². The van der Waals surface area contributed by atoms with Crippen molar-refractivity contribution in [2.45, 2.75) is 84.8 Å². The lowest BCUT2D eigenvalue weighted by atomic mass is 10.1. The van der Waals surface area contributed by atoms with Gasteiger partial charge in [-0.3, -0.25) is 4.79 Å². The summed E-state index contributed by atoms with van der Waals surface area (Å²) in [5, 5.41) is 0. The number of ether oxygens (including phenoxy) is 7. The van der Waals surface area contributed by atoms with Crippen molar-refractivity contribution in [2.75, 3.05) is 26.4 Å². The molecule has 0 aliphatic carbocycles. The first kappa shape index (κ1) is 33.5. The van der Waals surface area contributed by atoms with Crippen LogP contribution in [0.4, 0.5) is 14.4 Å². The van der Waals surface area contributed by atoms with Gasteiger partial charge in [-0.25, -0.2) is 14.4 Å². The van der Waals surface area contributed by atoms with E-state index in [0.29, 0.717) is 18.4 Å². The van der Waals surface area contributed by atoms with Crippen LogP contribution >= 0.6 is 0 Å². The minimum Gasteiger partial charge on any atom is -0.461 e. The van der Waals surface area contributed by atoms with Crippen molar-refractivity contribution in [3.63, 3.8) is 0 Å². The van der Waals surface area contributed by atoms with Crippen LogP contribution in [-0.2, 0) is 34.9 Å². The quantitative estimate of drug-likeness (QED) is 0.118. The molecule has 2 atom stereocenters. The Balaban J connectivity index is 2.83. The normalized spacial score (nSPS) is 12.0. The second-order valence-electron chi connectivity index (χ2n) is 8.65. The fraction of sp³-hybridized carbons (Fsp3) is 0.630. The Kier molecular flexibility index (Phi) is 16.8. The fourth-order valence-electron chi connectivity index (χ4n) is 3.09. The largest absolute Gasteiger partial charge is 0.513 e. The number of hydrogen-bond donors (Lipinski definition) is 1. The van der Waals surface area contributed by atoms with Gasteiger partial charge in [-0.1, -0.05) is 45.6 Å². The van der Waals surface area contributed by atoms with E-state index in [2.05, 4.69) is 4.74 Å². The Morgan fingerprint density at radius 2 is 1.36 bits per heavy atom. The van der Waals surface area contributed by atoms with Crippen molar-refractivity contribution in [3.8, 4) is 11.5 Å². The number of nitrogens with two attached hydrogens (primary N) is 1. The van der Waals surface area contributed by atoms with Crippen LogP contribution in [0.25, 0.3) is 0 Å². The Bertz CT molecular complexity index is 906. The lowest BCUT2D eigenvalue weighted by molar-refractivity contribution is -0.148. The maximum atomic E-state index is 12.3. The van der Waals surface area contributed by atoms with E-state index in [0.717, 1.165) is 25.7 Å². The summed E-state index contributed by atoms with van der Waals surface area (Å²) in [5.41, 5.74) is 6.48. The highest BCUT2D eigenvalue weighted by molar-refractivity contribution is 5.76. The second-order valence-corrected chi connectivity index (χ2v) is 8.65. The molecule has 0 unspecified atom stereocenters. The van der Waals surface area contributed by atoms with Gasteiger partial charge in [-0.05, 0) is 50.8 Å². The Hall–Kier alpha value is -3.54. The van der Waals surface area contributed by atoms with Crippen LogP contribution in [0.1, 0.15) is 71.8 Å². The number of hydrogen-bond acceptors (Lipinski definition) is 12. The highest BCUT2D eigenvalue weighted by atomic mass is 16.7. The highest BCUT2D eigenvalue weighted by Crippen LogP contribution is 2.30. The molecule has 0 heterocycles. The Morgan fingerprint density at radius 3 is 1.92 bits per heavy atom. The molecule has 2 N–H and O–H groups in total. The van der Waals surface area contributed by atoms with E-state index in [4.69, 9.17) is 34.2 Å². The van der Waals surface area contributed by atoms with E-state index >= 15 is 0 Å². The molecule has 0 bridgehead atoms. The molecule has 0 fully saturated rings. The molecular formula is C27H41NO11. The molecule has 39 heavy (non-hydrogen) atoms. The van der Waals surface area contributed by atoms with Crippen LogP contribution in [0, 0.1) is 0 Å².